The molecule has 3 aliphatic heterocycles. The lowest BCUT2D eigenvalue weighted by Gasteiger charge is -2.21. The number of fused-ring (bicyclic) bond motifs is 1. The van der Waals surface area contributed by atoms with E-state index in [4.69, 9.17) is 0 Å². The summed E-state index contributed by atoms with van der Waals surface area (Å²) in [6.07, 6.45) is 0.259. The fourth-order valence-electron chi connectivity index (χ4n) is 3.23. The van der Waals surface area contributed by atoms with Crippen molar-refractivity contribution in [3.63, 3.8) is 0 Å². The Morgan fingerprint density at radius 3 is 2.22 bits per heavy atom. The fourth-order valence-corrected chi connectivity index (χ4v) is 7.87. The summed E-state index contributed by atoms with van der Waals surface area (Å²) in [7, 11) is -6.57. The minimum atomic E-state index is -3.43. The summed E-state index contributed by atoms with van der Waals surface area (Å²) in [5, 5.41) is 2.55. The van der Waals surface area contributed by atoms with Crippen LogP contribution in [-0.2, 0) is 19.9 Å². The molecule has 6 nitrogen and oxygen atoms in total. The van der Waals surface area contributed by atoms with Gasteiger partial charge < -0.3 is 5.32 Å². The Morgan fingerprint density at radius 1 is 1.11 bits per heavy atom. The molecule has 3 aliphatic rings. The van der Waals surface area contributed by atoms with Crippen LogP contribution in [0.2, 0.25) is 0 Å². The summed E-state index contributed by atoms with van der Waals surface area (Å²) >= 11 is 0. The molecule has 1 unspecified atom stereocenters. The van der Waals surface area contributed by atoms with Crippen molar-refractivity contribution in [2.75, 3.05) is 37.7 Å². The third kappa shape index (κ3) is 2.09. The largest absolute Gasteiger partial charge is 0.316 e. The number of sulfone groups is 1. The molecule has 18 heavy (non-hydrogen) atoms. The van der Waals surface area contributed by atoms with E-state index in [0.717, 1.165) is 13.1 Å². The maximum atomic E-state index is 12.4. The molecule has 3 rings (SSSR count). The van der Waals surface area contributed by atoms with Crippen molar-refractivity contribution in [3.05, 3.63) is 0 Å². The van der Waals surface area contributed by atoms with Gasteiger partial charge in [0.1, 0.15) is 0 Å². The van der Waals surface area contributed by atoms with E-state index < -0.39 is 25.1 Å². The smallest absolute Gasteiger partial charge is 0.218 e. The highest BCUT2D eigenvalue weighted by molar-refractivity contribution is 7.95. The Balaban J connectivity index is 1.76. The van der Waals surface area contributed by atoms with E-state index in [1.807, 2.05) is 0 Å². The van der Waals surface area contributed by atoms with Gasteiger partial charge >= 0.3 is 0 Å². The van der Waals surface area contributed by atoms with Crippen molar-refractivity contribution < 1.29 is 16.8 Å². The van der Waals surface area contributed by atoms with Gasteiger partial charge in [-0.15, -0.1) is 0 Å². The van der Waals surface area contributed by atoms with E-state index in [1.54, 1.807) is 0 Å². The summed E-state index contributed by atoms with van der Waals surface area (Å²) in [4.78, 5) is 0. The molecular formula is C10H18N2O4S2. The highest BCUT2D eigenvalue weighted by atomic mass is 32.2. The van der Waals surface area contributed by atoms with E-state index in [-0.39, 0.29) is 17.9 Å². The monoisotopic (exact) mass is 294 g/mol. The quantitative estimate of drug-likeness (QED) is 0.681. The first kappa shape index (κ1) is 12.8. The van der Waals surface area contributed by atoms with Crippen LogP contribution in [0.3, 0.4) is 0 Å². The van der Waals surface area contributed by atoms with E-state index in [9.17, 15) is 16.8 Å². The second-order valence-corrected chi connectivity index (χ2v) is 10.0. The van der Waals surface area contributed by atoms with Gasteiger partial charge in [0.2, 0.25) is 10.0 Å². The van der Waals surface area contributed by atoms with Crippen LogP contribution in [0.5, 0.6) is 0 Å². The first-order valence-corrected chi connectivity index (χ1v) is 9.61. The van der Waals surface area contributed by atoms with E-state index in [2.05, 4.69) is 5.32 Å². The topological polar surface area (TPSA) is 83.5 Å². The van der Waals surface area contributed by atoms with Gasteiger partial charge in [-0.2, -0.15) is 0 Å². The average Bonchev–Trinajstić information content (AvgIpc) is 2.89. The van der Waals surface area contributed by atoms with Crippen LogP contribution < -0.4 is 5.32 Å². The predicted octanol–water partition coefficient (Wildman–Crippen LogP) is -1.35. The van der Waals surface area contributed by atoms with Crippen LogP contribution in [0.15, 0.2) is 0 Å². The third-order valence-electron chi connectivity index (χ3n) is 4.33. The summed E-state index contributed by atoms with van der Waals surface area (Å²) in [5.74, 6) is 0.619. The molecular weight excluding hydrogens is 276 g/mol. The maximum Gasteiger partial charge on any atom is 0.218 e. The Hall–Kier alpha value is -0.180. The van der Waals surface area contributed by atoms with Crippen LogP contribution in [0.25, 0.3) is 0 Å². The lowest BCUT2D eigenvalue weighted by molar-refractivity contribution is 0.440. The molecule has 3 fully saturated rings. The zero-order valence-electron chi connectivity index (χ0n) is 10.1. The van der Waals surface area contributed by atoms with Crippen LogP contribution in [0.1, 0.15) is 6.42 Å². The van der Waals surface area contributed by atoms with Gasteiger partial charge in [-0.25, -0.2) is 21.1 Å². The van der Waals surface area contributed by atoms with Gasteiger partial charge in [0.05, 0.1) is 16.8 Å². The molecule has 104 valence electrons. The Morgan fingerprint density at radius 2 is 1.72 bits per heavy atom. The molecule has 3 saturated heterocycles. The van der Waals surface area contributed by atoms with Crippen molar-refractivity contribution in [2.24, 2.45) is 11.8 Å². The van der Waals surface area contributed by atoms with Gasteiger partial charge in [0, 0.05) is 13.1 Å². The normalized spacial score (nSPS) is 40.1. The van der Waals surface area contributed by atoms with Crippen LogP contribution >= 0.6 is 0 Å². The molecule has 8 heteroatoms. The number of hydrogen-bond donors (Lipinski definition) is 1. The molecule has 0 bridgehead atoms. The standard InChI is InChI=1S/C10H18N2O4S2/c13-17(14)2-1-10(7-17)18(15,16)12-5-8-3-11-4-9(8)6-12/h8-11H,1-7H2/t8-,9+,10?. The summed E-state index contributed by atoms with van der Waals surface area (Å²) in [5.41, 5.74) is 0. The van der Waals surface area contributed by atoms with Crippen molar-refractivity contribution in [1.29, 1.82) is 0 Å². The molecule has 3 heterocycles. The average molecular weight is 294 g/mol. The van der Waals surface area contributed by atoms with Crippen LogP contribution in [0.4, 0.5) is 0 Å². The minimum absolute atomic E-state index is 0.0130. The lowest BCUT2D eigenvalue weighted by atomic mass is 10.0. The summed E-state index contributed by atoms with van der Waals surface area (Å²) < 4.78 is 49.1. The maximum absolute atomic E-state index is 12.4. The predicted molar refractivity (Wildman–Crippen MR) is 67.4 cm³/mol. The highest BCUT2D eigenvalue weighted by Gasteiger charge is 2.46. The zero-order valence-corrected chi connectivity index (χ0v) is 11.7. The van der Waals surface area contributed by atoms with Crippen molar-refractivity contribution in [1.82, 2.24) is 9.62 Å². The van der Waals surface area contributed by atoms with Gasteiger partial charge in [0.15, 0.2) is 9.84 Å². The molecule has 0 aromatic carbocycles. The number of nitrogens with one attached hydrogen (secondary N) is 1. The molecule has 0 saturated carbocycles. The Bertz CT molecular complexity index is 530. The molecule has 0 aromatic heterocycles. The molecule has 1 N–H and O–H groups in total. The van der Waals surface area contributed by atoms with Gasteiger partial charge in [-0.3, -0.25) is 0 Å². The molecule has 0 amide bonds. The Kier molecular flexibility index (Phi) is 2.96. The summed E-state index contributed by atoms with van der Waals surface area (Å²) in [6.45, 7) is 2.85. The highest BCUT2D eigenvalue weighted by Crippen LogP contribution is 2.31. The zero-order chi connectivity index (χ0) is 13.0. The fraction of sp³-hybridized carbons (Fsp3) is 1.00. The minimum Gasteiger partial charge on any atom is -0.316 e. The second-order valence-electron chi connectivity index (χ2n) is 5.57. The molecule has 0 aromatic rings. The van der Waals surface area contributed by atoms with Crippen LogP contribution in [0, 0.1) is 11.8 Å². The lowest BCUT2D eigenvalue weighted by Crippen LogP contribution is -2.39. The molecule has 0 aliphatic carbocycles. The second kappa shape index (κ2) is 4.16. The number of sulfonamides is 1. The first-order valence-electron chi connectivity index (χ1n) is 6.28. The van der Waals surface area contributed by atoms with Crippen molar-refractivity contribution in [2.45, 2.75) is 11.7 Å². The third-order valence-corrected chi connectivity index (χ3v) is 8.57. The molecule has 0 spiro atoms. The SMILES string of the molecule is O=S1(=O)CCC(S(=O)(=O)N2C[C@H]3CNC[C@H]3C2)C1. The van der Waals surface area contributed by atoms with E-state index in [1.165, 1.54) is 4.31 Å². The van der Waals surface area contributed by atoms with E-state index in [0.29, 0.717) is 24.9 Å². The van der Waals surface area contributed by atoms with Gasteiger partial charge in [-0.05, 0) is 31.3 Å². The molecule has 0 radical (unpaired) electrons. The Labute approximate surface area is 108 Å². The number of rotatable bonds is 2. The number of nitrogens with zero attached hydrogens (tertiary/aromatic N) is 1. The molecule has 3 atom stereocenters. The van der Waals surface area contributed by atoms with Crippen molar-refractivity contribution >= 4 is 19.9 Å². The van der Waals surface area contributed by atoms with Gasteiger partial charge in [0.25, 0.3) is 0 Å². The van der Waals surface area contributed by atoms with Gasteiger partial charge in [-0.1, -0.05) is 0 Å². The number of hydrogen-bond acceptors (Lipinski definition) is 5. The van der Waals surface area contributed by atoms with Crippen LogP contribution in [-0.4, -0.2) is 64.1 Å². The van der Waals surface area contributed by atoms with Crippen molar-refractivity contribution in [3.8, 4) is 0 Å². The summed E-state index contributed by atoms with van der Waals surface area (Å²) in [6, 6.07) is 0. The van der Waals surface area contributed by atoms with E-state index >= 15 is 0 Å². The first-order chi connectivity index (χ1) is 8.38.